The largest absolute Gasteiger partial charge is 0.497 e. The van der Waals surface area contributed by atoms with Crippen LogP contribution < -0.4 is 4.74 Å². The Labute approximate surface area is 150 Å². The summed E-state index contributed by atoms with van der Waals surface area (Å²) in [6.07, 6.45) is -0.535. The predicted octanol–water partition coefficient (Wildman–Crippen LogP) is 3.68. The van der Waals surface area contributed by atoms with Gasteiger partial charge in [0.15, 0.2) is 5.76 Å². The van der Waals surface area contributed by atoms with Gasteiger partial charge in [0.1, 0.15) is 17.0 Å². The van der Waals surface area contributed by atoms with Gasteiger partial charge in [0.25, 0.3) is 0 Å². The summed E-state index contributed by atoms with van der Waals surface area (Å²) in [6, 6.07) is 17.2. The van der Waals surface area contributed by atoms with Gasteiger partial charge >= 0.3 is 0 Å². The third-order valence-electron chi connectivity index (χ3n) is 4.08. The molecular weight excluding hydrogens is 332 g/mol. The van der Waals surface area contributed by atoms with Crippen molar-refractivity contribution in [1.29, 1.82) is 0 Å². The van der Waals surface area contributed by atoms with Gasteiger partial charge in [-0.1, -0.05) is 22.5 Å². The number of para-hydroxylation sites is 1. The number of aromatic nitrogens is 4. The molecule has 0 spiro atoms. The summed E-state index contributed by atoms with van der Waals surface area (Å²) in [5, 5.41) is 12.6. The molecule has 26 heavy (non-hydrogen) atoms. The van der Waals surface area contributed by atoms with Crippen molar-refractivity contribution >= 4 is 11.0 Å². The number of nitrogens with zero attached hydrogens (tertiary/aromatic N) is 4. The fourth-order valence-corrected chi connectivity index (χ4v) is 2.79. The van der Waals surface area contributed by atoms with Gasteiger partial charge in [-0.3, -0.25) is 0 Å². The fraction of sp³-hybridized carbons (Fsp3) is 0.211. The Morgan fingerprint density at radius 2 is 1.92 bits per heavy atom. The van der Waals surface area contributed by atoms with Crippen LogP contribution in [0.3, 0.4) is 0 Å². The molecule has 2 heterocycles. The van der Waals surface area contributed by atoms with Crippen molar-refractivity contribution in [2.24, 2.45) is 0 Å². The maximum atomic E-state index is 5.87. The van der Waals surface area contributed by atoms with Gasteiger partial charge in [0.2, 0.25) is 6.23 Å². The van der Waals surface area contributed by atoms with Crippen LogP contribution in [0.15, 0.2) is 59.1 Å². The lowest BCUT2D eigenvalue weighted by Gasteiger charge is -2.14. The van der Waals surface area contributed by atoms with Gasteiger partial charge in [-0.15, -0.1) is 5.10 Å². The van der Waals surface area contributed by atoms with E-state index in [9.17, 15) is 0 Å². The summed E-state index contributed by atoms with van der Waals surface area (Å²) in [7, 11) is 1.64. The second-order valence-electron chi connectivity index (χ2n) is 5.67. The van der Waals surface area contributed by atoms with Crippen molar-refractivity contribution in [3.8, 4) is 17.0 Å². The highest BCUT2D eigenvalue weighted by Gasteiger charge is 2.23. The molecule has 0 radical (unpaired) electrons. The van der Waals surface area contributed by atoms with Gasteiger partial charge in [-0.2, -0.15) is 0 Å². The molecule has 0 N–H and O–H groups in total. The number of hydrogen-bond acceptors (Lipinski definition) is 6. The van der Waals surface area contributed by atoms with Crippen LogP contribution in [0.1, 0.15) is 18.9 Å². The number of hydrogen-bond donors (Lipinski definition) is 0. The van der Waals surface area contributed by atoms with Crippen LogP contribution in [-0.4, -0.2) is 33.9 Å². The third kappa shape index (κ3) is 2.93. The minimum Gasteiger partial charge on any atom is -0.497 e. The van der Waals surface area contributed by atoms with Gasteiger partial charge in [-0.05, 0) is 43.3 Å². The number of methoxy groups -OCH3 is 1. The molecule has 0 fully saturated rings. The first-order valence-electron chi connectivity index (χ1n) is 8.32. The lowest BCUT2D eigenvalue weighted by molar-refractivity contribution is 0.0150. The molecular formula is C19H18N4O3. The zero-order chi connectivity index (χ0) is 17.9. The Balaban J connectivity index is 1.70. The van der Waals surface area contributed by atoms with Crippen LogP contribution in [0.5, 0.6) is 5.75 Å². The first-order chi connectivity index (χ1) is 12.8. The molecule has 0 aliphatic heterocycles. The average molecular weight is 350 g/mol. The first kappa shape index (κ1) is 16.3. The van der Waals surface area contributed by atoms with E-state index in [-0.39, 0.29) is 0 Å². The molecule has 4 rings (SSSR count). The molecule has 0 aliphatic rings. The van der Waals surface area contributed by atoms with Crippen LogP contribution >= 0.6 is 0 Å². The van der Waals surface area contributed by atoms with Crippen molar-refractivity contribution in [1.82, 2.24) is 20.2 Å². The molecule has 0 amide bonds. The van der Waals surface area contributed by atoms with Gasteiger partial charge in [-0.25, -0.2) is 4.68 Å². The van der Waals surface area contributed by atoms with Gasteiger partial charge in [0, 0.05) is 18.2 Å². The van der Waals surface area contributed by atoms with Crippen LogP contribution in [0.2, 0.25) is 0 Å². The molecule has 2 aromatic carbocycles. The van der Waals surface area contributed by atoms with Crippen molar-refractivity contribution < 1.29 is 14.0 Å². The lowest BCUT2D eigenvalue weighted by atomic mass is 10.1. The van der Waals surface area contributed by atoms with Crippen molar-refractivity contribution in [3.05, 3.63) is 60.4 Å². The predicted molar refractivity (Wildman–Crippen MR) is 95.8 cm³/mol. The van der Waals surface area contributed by atoms with Gasteiger partial charge < -0.3 is 14.0 Å². The van der Waals surface area contributed by atoms with Gasteiger partial charge in [0.05, 0.1) is 12.6 Å². The summed E-state index contributed by atoms with van der Waals surface area (Å²) in [5.41, 5.74) is 3.32. The zero-order valence-electron chi connectivity index (χ0n) is 14.5. The summed E-state index contributed by atoms with van der Waals surface area (Å²) >= 11 is 0. The van der Waals surface area contributed by atoms with E-state index >= 15 is 0 Å². The van der Waals surface area contributed by atoms with E-state index in [4.69, 9.17) is 14.0 Å². The zero-order valence-corrected chi connectivity index (χ0v) is 14.5. The minimum atomic E-state index is -0.535. The maximum Gasteiger partial charge on any atom is 0.213 e. The number of benzene rings is 2. The van der Waals surface area contributed by atoms with E-state index < -0.39 is 6.23 Å². The second kappa shape index (κ2) is 6.97. The highest BCUT2D eigenvalue weighted by Crippen LogP contribution is 2.28. The standard InChI is InChI=1S/C19H18N4O3/c1-3-25-19(23-17-7-5-4-6-15(17)20-22-23)18-12-16(21-26-18)13-8-10-14(24-2)11-9-13/h4-12,19H,3H2,1-2H3. The molecule has 0 aliphatic carbocycles. The lowest BCUT2D eigenvalue weighted by Crippen LogP contribution is -2.15. The number of rotatable bonds is 6. The van der Waals surface area contributed by atoms with Crippen molar-refractivity contribution in [2.45, 2.75) is 13.2 Å². The van der Waals surface area contributed by atoms with E-state index in [1.54, 1.807) is 11.8 Å². The topological polar surface area (TPSA) is 75.2 Å². The Morgan fingerprint density at radius 3 is 2.69 bits per heavy atom. The van der Waals surface area contributed by atoms with Crippen LogP contribution in [0, 0.1) is 0 Å². The quantitative estimate of drug-likeness (QED) is 0.528. The summed E-state index contributed by atoms with van der Waals surface area (Å²) in [4.78, 5) is 0. The van der Waals surface area contributed by atoms with Crippen molar-refractivity contribution in [2.75, 3.05) is 13.7 Å². The smallest absolute Gasteiger partial charge is 0.213 e. The van der Waals surface area contributed by atoms with E-state index in [0.29, 0.717) is 12.4 Å². The molecule has 1 atom stereocenters. The molecule has 0 saturated carbocycles. The molecule has 0 bridgehead atoms. The Morgan fingerprint density at radius 1 is 1.12 bits per heavy atom. The monoisotopic (exact) mass is 350 g/mol. The highest BCUT2D eigenvalue weighted by atomic mass is 16.5. The molecule has 2 aromatic heterocycles. The molecule has 0 saturated heterocycles. The SMILES string of the molecule is CCOC(c1cc(-c2ccc(OC)cc2)no1)n1nnc2ccccc21. The van der Waals surface area contributed by atoms with E-state index in [2.05, 4.69) is 15.5 Å². The average Bonchev–Trinajstić information content (AvgIpc) is 3.34. The third-order valence-corrected chi connectivity index (χ3v) is 4.08. The Hall–Kier alpha value is -3.19. The minimum absolute atomic E-state index is 0.497. The molecule has 7 nitrogen and oxygen atoms in total. The normalized spacial score (nSPS) is 12.4. The second-order valence-corrected chi connectivity index (χ2v) is 5.67. The van der Waals surface area contributed by atoms with Crippen LogP contribution in [0.25, 0.3) is 22.3 Å². The Bertz CT molecular complexity index is 1010. The Kier molecular flexibility index (Phi) is 4.37. The van der Waals surface area contributed by atoms with Crippen molar-refractivity contribution in [3.63, 3.8) is 0 Å². The summed E-state index contributed by atoms with van der Waals surface area (Å²) in [5.74, 6) is 1.35. The number of ether oxygens (including phenoxy) is 2. The summed E-state index contributed by atoms with van der Waals surface area (Å²) in [6.45, 7) is 2.42. The maximum absolute atomic E-state index is 5.87. The molecule has 132 valence electrons. The van der Waals surface area contributed by atoms with E-state index in [1.807, 2.05) is 61.5 Å². The van der Waals surface area contributed by atoms with E-state index in [0.717, 1.165) is 28.0 Å². The molecule has 4 aromatic rings. The van der Waals surface area contributed by atoms with Crippen LogP contribution in [0.4, 0.5) is 0 Å². The summed E-state index contributed by atoms with van der Waals surface area (Å²) < 4.78 is 18.3. The van der Waals surface area contributed by atoms with E-state index in [1.165, 1.54) is 0 Å². The molecule has 7 heteroatoms. The fourth-order valence-electron chi connectivity index (χ4n) is 2.79. The molecule has 1 unspecified atom stereocenters. The first-order valence-corrected chi connectivity index (χ1v) is 8.32. The van der Waals surface area contributed by atoms with Crippen LogP contribution in [-0.2, 0) is 4.74 Å². The number of fused-ring (bicyclic) bond motifs is 1. The highest BCUT2D eigenvalue weighted by molar-refractivity contribution is 5.74.